The van der Waals surface area contributed by atoms with Crippen molar-refractivity contribution in [2.75, 3.05) is 36.4 Å². The third kappa shape index (κ3) is 5.38. The van der Waals surface area contributed by atoms with E-state index < -0.39 is 10.0 Å². The van der Waals surface area contributed by atoms with Gasteiger partial charge in [-0.3, -0.25) is 4.79 Å². The van der Waals surface area contributed by atoms with Crippen LogP contribution >= 0.6 is 11.6 Å². The number of hydrogen-bond donors (Lipinski definition) is 1. The zero-order valence-corrected chi connectivity index (χ0v) is 20.6. The van der Waals surface area contributed by atoms with Gasteiger partial charge in [0, 0.05) is 48.4 Å². The third-order valence-corrected chi connectivity index (χ3v) is 7.80. The molecule has 0 saturated carbocycles. The Balaban J connectivity index is 1.38. The number of piperazine rings is 1. The second-order valence-corrected chi connectivity index (χ2v) is 10.7. The van der Waals surface area contributed by atoms with Gasteiger partial charge in [0.15, 0.2) is 5.82 Å². The van der Waals surface area contributed by atoms with Crippen molar-refractivity contribution >= 4 is 39.0 Å². The molecule has 1 aliphatic rings. The number of nitrogens with zero attached hydrogens (tertiary/aromatic N) is 4. The minimum atomic E-state index is -3.63. The molecule has 1 aromatic heterocycles. The Labute approximate surface area is 204 Å². The van der Waals surface area contributed by atoms with Crippen LogP contribution < -0.4 is 10.2 Å². The number of nitrogens with one attached hydrogen (secondary N) is 1. The number of hydrogen-bond acceptors (Lipinski definition) is 6. The van der Waals surface area contributed by atoms with Crippen molar-refractivity contribution in [2.24, 2.45) is 5.92 Å². The third-order valence-electron chi connectivity index (χ3n) is 5.64. The Kier molecular flexibility index (Phi) is 7.16. The number of halogens is 1. The molecule has 34 heavy (non-hydrogen) atoms. The molecule has 10 heteroatoms. The van der Waals surface area contributed by atoms with E-state index in [0.717, 1.165) is 11.3 Å². The molecule has 1 aliphatic heterocycles. The molecule has 0 unspecified atom stereocenters. The van der Waals surface area contributed by atoms with Gasteiger partial charge in [-0.1, -0.05) is 37.6 Å². The maximum atomic E-state index is 13.1. The molecule has 0 atom stereocenters. The van der Waals surface area contributed by atoms with Crippen LogP contribution in [-0.2, 0) is 14.8 Å². The van der Waals surface area contributed by atoms with Crippen LogP contribution in [0, 0.1) is 5.92 Å². The van der Waals surface area contributed by atoms with Crippen molar-refractivity contribution in [1.82, 2.24) is 14.5 Å². The molecule has 4 rings (SSSR count). The van der Waals surface area contributed by atoms with Crippen molar-refractivity contribution in [3.8, 4) is 11.3 Å². The van der Waals surface area contributed by atoms with Gasteiger partial charge >= 0.3 is 0 Å². The van der Waals surface area contributed by atoms with Crippen molar-refractivity contribution < 1.29 is 13.2 Å². The molecule has 178 valence electrons. The van der Waals surface area contributed by atoms with Crippen molar-refractivity contribution in [2.45, 2.75) is 18.7 Å². The first kappa shape index (κ1) is 24.1. The van der Waals surface area contributed by atoms with Crippen LogP contribution in [0.5, 0.6) is 0 Å². The summed E-state index contributed by atoms with van der Waals surface area (Å²) in [6.45, 7) is 5.30. The van der Waals surface area contributed by atoms with Crippen LogP contribution in [0.15, 0.2) is 65.6 Å². The van der Waals surface area contributed by atoms with E-state index in [9.17, 15) is 13.2 Å². The van der Waals surface area contributed by atoms with Crippen LogP contribution in [-0.4, -0.2) is 55.0 Å². The molecule has 1 saturated heterocycles. The van der Waals surface area contributed by atoms with Crippen molar-refractivity contribution in [1.29, 1.82) is 0 Å². The number of anilines is 2. The smallest absolute Gasteiger partial charge is 0.243 e. The van der Waals surface area contributed by atoms with E-state index >= 15 is 0 Å². The summed E-state index contributed by atoms with van der Waals surface area (Å²) in [5, 5.41) is 12.1. The van der Waals surface area contributed by atoms with E-state index in [0.29, 0.717) is 42.7 Å². The minimum Gasteiger partial charge on any atom is -0.352 e. The largest absolute Gasteiger partial charge is 0.352 e. The van der Waals surface area contributed by atoms with E-state index in [1.807, 2.05) is 29.2 Å². The second kappa shape index (κ2) is 10.1. The maximum absolute atomic E-state index is 13.1. The quantitative estimate of drug-likeness (QED) is 0.552. The lowest BCUT2D eigenvalue weighted by Crippen LogP contribution is -2.49. The summed E-state index contributed by atoms with van der Waals surface area (Å²) < 4.78 is 27.6. The fourth-order valence-electron chi connectivity index (χ4n) is 3.57. The van der Waals surface area contributed by atoms with Gasteiger partial charge in [0.2, 0.25) is 15.9 Å². The summed E-state index contributed by atoms with van der Waals surface area (Å²) in [6, 6.07) is 17.5. The van der Waals surface area contributed by atoms with E-state index in [2.05, 4.69) is 15.5 Å². The van der Waals surface area contributed by atoms with Crippen LogP contribution in [0.2, 0.25) is 5.02 Å². The van der Waals surface area contributed by atoms with Gasteiger partial charge in [-0.2, -0.15) is 4.31 Å². The zero-order chi connectivity index (χ0) is 24.3. The molecule has 1 fully saturated rings. The molecule has 0 bridgehead atoms. The molecular weight excluding hydrogens is 474 g/mol. The van der Waals surface area contributed by atoms with Crippen molar-refractivity contribution in [3.05, 3.63) is 65.7 Å². The fraction of sp³-hybridized carbons (Fsp3) is 0.292. The molecule has 8 nitrogen and oxygen atoms in total. The summed E-state index contributed by atoms with van der Waals surface area (Å²) in [4.78, 5) is 14.1. The number of carbonyl (C=O) groups excluding carboxylic acids is 1. The highest BCUT2D eigenvalue weighted by Gasteiger charge is 2.29. The van der Waals surface area contributed by atoms with Gasteiger partial charge in [0.05, 0.1) is 10.6 Å². The molecule has 2 heterocycles. The van der Waals surface area contributed by atoms with E-state index in [1.165, 1.54) is 16.4 Å². The monoisotopic (exact) mass is 499 g/mol. The Morgan fingerprint density at radius 3 is 2.12 bits per heavy atom. The fourth-order valence-corrected chi connectivity index (χ4v) is 5.12. The number of rotatable bonds is 6. The summed E-state index contributed by atoms with van der Waals surface area (Å²) in [7, 11) is -3.63. The Morgan fingerprint density at radius 1 is 0.912 bits per heavy atom. The topological polar surface area (TPSA) is 95.5 Å². The second-order valence-electron chi connectivity index (χ2n) is 8.34. The highest BCUT2D eigenvalue weighted by molar-refractivity contribution is 7.89. The predicted octanol–water partition coefficient (Wildman–Crippen LogP) is 3.90. The first-order chi connectivity index (χ1) is 16.2. The lowest BCUT2D eigenvalue weighted by atomic mass is 10.1. The summed E-state index contributed by atoms with van der Waals surface area (Å²) in [5.74, 6) is 0.439. The number of benzene rings is 2. The molecule has 1 amide bonds. The molecule has 0 aliphatic carbocycles. The zero-order valence-electron chi connectivity index (χ0n) is 19.0. The number of amides is 1. The molecule has 3 aromatic rings. The average molecular weight is 500 g/mol. The Morgan fingerprint density at radius 2 is 1.56 bits per heavy atom. The van der Waals surface area contributed by atoms with Crippen molar-refractivity contribution in [3.63, 3.8) is 0 Å². The Hall–Kier alpha value is -3.01. The van der Waals surface area contributed by atoms with Gasteiger partial charge in [-0.25, -0.2) is 8.42 Å². The first-order valence-corrected chi connectivity index (χ1v) is 12.8. The van der Waals surface area contributed by atoms with Crippen LogP contribution in [0.1, 0.15) is 13.8 Å². The van der Waals surface area contributed by atoms with Gasteiger partial charge < -0.3 is 10.2 Å². The normalized spacial score (nSPS) is 14.9. The summed E-state index contributed by atoms with van der Waals surface area (Å²) in [6.07, 6.45) is 0. The van der Waals surface area contributed by atoms with Crippen LogP contribution in [0.3, 0.4) is 0 Å². The SMILES string of the molecule is CC(C)C(=O)Nc1ccc(S(=O)(=O)N2CCN(c3ccc(-c4ccc(Cl)cc4)nn3)CC2)cc1. The molecule has 0 radical (unpaired) electrons. The lowest BCUT2D eigenvalue weighted by Gasteiger charge is -2.34. The van der Waals surface area contributed by atoms with E-state index in [-0.39, 0.29) is 16.7 Å². The summed E-state index contributed by atoms with van der Waals surface area (Å²) >= 11 is 5.94. The van der Waals surface area contributed by atoms with E-state index in [4.69, 9.17) is 11.6 Å². The minimum absolute atomic E-state index is 0.115. The highest BCUT2D eigenvalue weighted by Crippen LogP contribution is 2.24. The Bertz CT molecular complexity index is 1240. The predicted molar refractivity (Wildman–Crippen MR) is 133 cm³/mol. The molecule has 0 spiro atoms. The average Bonchev–Trinajstić information content (AvgIpc) is 2.85. The lowest BCUT2D eigenvalue weighted by molar-refractivity contribution is -0.118. The van der Waals surface area contributed by atoms with Crippen LogP contribution in [0.4, 0.5) is 11.5 Å². The maximum Gasteiger partial charge on any atom is 0.243 e. The number of sulfonamides is 1. The molecule has 1 N–H and O–H groups in total. The molecular formula is C24H26ClN5O3S. The standard InChI is InChI=1S/C24H26ClN5O3S/c1-17(2)24(31)26-20-7-9-21(10-8-20)34(32,33)30-15-13-29(14-16-30)23-12-11-22(27-28-23)18-3-5-19(25)6-4-18/h3-12,17H,13-16H2,1-2H3,(H,26,31). The van der Waals surface area contributed by atoms with E-state index in [1.54, 1.807) is 38.1 Å². The summed E-state index contributed by atoms with van der Waals surface area (Å²) in [5.41, 5.74) is 2.24. The van der Waals surface area contributed by atoms with Gasteiger partial charge in [0.1, 0.15) is 0 Å². The number of aromatic nitrogens is 2. The first-order valence-electron chi connectivity index (χ1n) is 11.0. The number of carbonyl (C=O) groups is 1. The highest BCUT2D eigenvalue weighted by atomic mass is 35.5. The van der Waals surface area contributed by atoms with Gasteiger partial charge in [0.25, 0.3) is 0 Å². The van der Waals surface area contributed by atoms with Crippen LogP contribution in [0.25, 0.3) is 11.3 Å². The van der Waals surface area contributed by atoms with Gasteiger partial charge in [-0.05, 0) is 48.5 Å². The molecule has 2 aromatic carbocycles. The van der Waals surface area contributed by atoms with Gasteiger partial charge in [-0.15, -0.1) is 10.2 Å².